The highest BCUT2D eigenvalue weighted by atomic mass is 16.5. The van der Waals surface area contributed by atoms with Crippen LogP contribution in [0.1, 0.15) is 5.56 Å². The van der Waals surface area contributed by atoms with Crippen LogP contribution >= 0.6 is 0 Å². The lowest BCUT2D eigenvalue weighted by atomic mass is 9.86. The second-order valence-corrected chi connectivity index (χ2v) is 5.00. The van der Waals surface area contributed by atoms with Gasteiger partial charge in [0.1, 0.15) is 0 Å². The molecule has 1 N–H and O–H groups in total. The molecule has 1 aliphatic rings. The fourth-order valence-corrected chi connectivity index (χ4v) is 2.14. The maximum atomic E-state index is 9.35. The minimum atomic E-state index is -0.0241. The first-order valence-electron chi connectivity index (χ1n) is 6.00. The maximum Gasteiger partial charge on any atom is 0.0579 e. The Morgan fingerprint density at radius 2 is 2.35 bits per heavy atom. The number of nitrogens with zero attached hydrogens (tertiary/aromatic N) is 2. The van der Waals surface area contributed by atoms with Gasteiger partial charge in [-0.3, -0.25) is 4.98 Å². The van der Waals surface area contributed by atoms with Gasteiger partial charge in [-0.15, -0.1) is 0 Å². The molecule has 0 amide bonds. The lowest BCUT2D eigenvalue weighted by Crippen LogP contribution is -2.52. The highest BCUT2D eigenvalue weighted by Crippen LogP contribution is 2.27. The first-order chi connectivity index (χ1) is 8.24. The van der Waals surface area contributed by atoms with Gasteiger partial charge in [0.2, 0.25) is 0 Å². The van der Waals surface area contributed by atoms with E-state index < -0.39 is 0 Å². The predicted octanol–water partition coefficient (Wildman–Crippen LogP) is 0.565. The van der Waals surface area contributed by atoms with Crippen molar-refractivity contribution >= 4 is 0 Å². The van der Waals surface area contributed by atoms with Gasteiger partial charge in [0.25, 0.3) is 0 Å². The number of hydrogen-bond acceptors (Lipinski definition) is 4. The average Bonchev–Trinajstić information content (AvgIpc) is 2.33. The third-order valence-corrected chi connectivity index (χ3v) is 3.26. The molecule has 4 heteroatoms. The SMILES string of the molecule is CN(CCc1cccnc1)CC1(CO)COC1. The number of aliphatic hydroxyl groups is 1. The summed E-state index contributed by atoms with van der Waals surface area (Å²) in [5.74, 6) is 0. The first kappa shape index (κ1) is 12.5. The fourth-order valence-electron chi connectivity index (χ4n) is 2.14. The van der Waals surface area contributed by atoms with E-state index in [1.54, 1.807) is 6.20 Å². The van der Waals surface area contributed by atoms with Crippen molar-refractivity contribution < 1.29 is 9.84 Å². The molecule has 2 rings (SSSR count). The molecule has 0 saturated carbocycles. The Balaban J connectivity index is 1.76. The number of likely N-dealkylation sites (N-methyl/N-ethyl adjacent to an activating group) is 1. The molecule has 0 radical (unpaired) electrons. The van der Waals surface area contributed by atoms with Gasteiger partial charge < -0.3 is 14.7 Å². The van der Waals surface area contributed by atoms with E-state index in [0.717, 1.165) is 19.5 Å². The van der Waals surface area contributed by atoms with Crippen molar-refractivity contribution in [2.75, 3.05) is 40.0 Å². The van der Waals surface area contributed by atoms with Crippen LogP contribution in [-0.2, 0) is 11.2 Å². The molecule has 2 heterocycles. The Bertz CT molecular complexity index is 333. The van der Waals surface area contributed by atoms with Gasteiger partial charge in [-0.1, -0.05) is 6.07 Å². The second kappa shape index (κ2) is 5.58. The van der Waals surface area contributed by atoms with E-state index in [2.05, 4.69) is 23.0 Å². The zero-order valence-electron chi connectivity index (χ0n) is 10.3. The van der Waals surface area contributed by atoms with E-state index in [1.807, 2.05) is 12.3 Å². The normalized spacial score (nSPS) is 18.1. The summed E-state index contributed by atoms with van der Waals surface area (Å²) in [5, 5.41) is 9.35. The Kier molecular flexibility index (Phi) is 4.10. The summed E-state index contributed by atoms with van der Waals surface area (Å²) in [5.41, 5.74) is 1.23. The number of aliphatic hydroxyl groups excluding tert-OH is 1. The van der Waals surface area contributed by atoms with E-state index in [1.165, 1.54) is 5.56 Å². The molecule has 4 nitrogen and oxygen atoms in total. The topological polar surface area (TPSA) is 45.6 Å². The van der Waals surface area contributed by atoms with Gasteiger partial charge >= 0.3 is 0 Å². The van der Waals surface area contributed by atoms with Gasteiger partial charge in [-0.2, -0.15) is 0 Å². The molecular weight excluding hydrogens is 216 g/mol. The quantitative estimate of drug-likeness (QED) is 0.784. The molecule has 1 aliphatic heterocycles. The van der Waals surface area contributed by atoms with E-state index in [4.69, 9.17) is 4.74 Å². The van der Waals surface area contributed by atoms with Crippen molar-refractivity contribution in [3.05, 3.63) is 30.1 Å². The molecule has 1 aromatic heterocycles. The lowest BCUT2D eigenvalue weighted by molar-refractivity contribution is -0.146. The minimum Gasteiger partial charge on any atom is -0.396 e. The Hall–Kier alpha value is -0.970. The van der Waals surface area contributed by atoms with Crippen LogP contribution in [0.2, 0.25) is 0 Å². The van der Waals surface area contributed by atoms with Gasteiger partial charge in [0.15, 0.2) is 0 Å². The van der Waals surface area contributed by atoms with Gasteiger partial charge in [0, 0.05) is 25.5 Å². The number of aromatic nitrogens is 1. The highest BCUT2D eigenvalue weighted by molar-refractivity contribution is 5.08. The standard InChI is InChI=1S/C13H20N2O2/c1-15(8-13(9-16)10-17-11-13)6-4-12-3-2-5-14-7-12/h2-3,5,7,16H,4,6,8-11H2,1H3. The van der Waals surface area contributed by atoms with Crippen molar-refractivity contribution in [2.45, 2.75) is 6.42 Å². The minimum absolute atomic E-state index is 0.0241. The first-order valence-corrected chi connectivity index (χ1v) is 6.00. The summed E-state index contributed by atoms with van der Waals surface area (Å²) < 4.78 is 5.20. The molecular formula is C13H20N2O2. The van der Waals surface area contributed by atoms with E-state index in [9.17, 15) is 5.11 Å². The number of ether oxygens (including phenoxy) is 1. The number of pyridine rings is 1. The summed E-state index contributed by atoms with van der Waals surface area (Å²) in [7, 11) is 2.09. The molecule has 0 spiro atoms. The molecule has 0 atom stereocenters. The number of rotatable bonds is 6. The molecule has 1 aromatic rings. The third kappa shape index (κ3) is 3.25. The van der Waals surface area contributed by atoms with Crippen molar-refractivity contribution in [3.8, 4) is 0 Å². The summed E-state index contributed by atoms with van der Waals surface area (Å²) >= 11 is 0. The van der Waals surface area contributed by atoms with E-state index >= 15 is 0 Å². The summed E-state index contributed by atoms with van der Waals surface area (Å²) in [6.07, 6.45) is 4.69. The van der Waals surface area contributed by atoms with Gasteiger partial charge in [-0.05, 0) is 25.1 Å². The summed E-state index contributed by atoms with van der Waals surface area (Å²) in [6.45, 7) is 3.45. The largest absolute Gasteiger partial charge is 0.396 e. The zero-order valence-corrected chi connectivity index (χ0v) is 10.3. The van der Waals surface area contributed by atoms with Crippen LogP contribution < -0.4 is 0 Å². The average molecular weight is 236 g/mol. The molecule has 17 heavy (non-hydrogen) atoms. The Morgan fingerprint density at radius 1 is 1.53 bits per heavy atom. The maximum absolute atomic E-state index is 9.35. The highest BCUT2D eigenvalue weighted by Gasteiger charge is 2.38. The molecule has 0 aliphatic carbocycles. The Labute approximate surface area is 102 Å². The molecule has 1 saturated heterocycles. The molecule has 0 aromatic carbocycles. The molecule has 94 valence electrons. The van der Waals surface area contributed by atoms with Crippen molar-refractivity contribution in [2.24, 2.45) is 5.41 Å². The van der Waals surface area contributed by atoms with Crippen LogP contribution in [0.3, 0.4) is 0 Å². The summed E-state index contributed by atoms with van der Waals surface area (Å²) in [4.78, 5) is 6.36. The van der Waals surface area contributed by atoms with Crippen LogP contribution in [-0.4, -0.2) is 54.9 Å². The lowest BCUT2D eigenvalue weighted by Gasteiger charge is -2.42. The van der Waals surface area contributed by atoms with Crippen molar-refractivity contribution in [3.63, 3.8) is 0 Å². The zero-order chi connectivity index (χ0) is 12.1. The number of hydrogen-bond donors (Lipinski definition) is 1. The van der Waals surface area contributed by atoms with Crippen molar-refractivity contribution in [1.82, 2.24) is 9.88 Å². The smallest absolute Gasteiger partial charge is 0.0579 e. The van der Waals surface area contributed by atoms with Crippen LogP contribution in [0.4, 0.5) is 0 Å². The van der Waals surface area contributed by atoms with Gasteiger partial charge in [0.05, 0.1) is 25.2 Å². The van der Waals surface area contributed by atoms with Crippen LogP contribution in [0, 0.1) is 5.41 Å². The van der Waals surface area contributed by atoms with E-state index in [-0.39, 0.29) is 12.0 Å². The van der Waals surface area contributed by atoms with Crippen molar-refractivity contribution in [1.29, 1.82) is 0 Å². The fraction of sp³-hybridized carbons (Fsp3) is 0.615. The molecule has 1 fully saturated rings. The second-order valence-electron chi connectivity index (χ2n) is 5.00. The predicted molar refractivity (Wildman–Crippen MR) is 65.8 cm³/mol. The van der Waals surface area contributed by atoms with Crippen LogP contribution in [0.15, 0.2) is 24.5 Å². The molecule has 0 bridgehead atoms. The van der Waals surface area contributed by atoms with Crippen LogP contribution in [0.25, 0.3) is 0 Å². The third-order valence-electron chi connectivity index (χ3n) is 3.26. The molecule has 0 unspecified atom stereocenters. The van der Waals surface area contributed by atoms with E-state index in [0.29, 0.717) is 13.2 Å². The van der Waals surface area contributed by atoms with Gasteiger partial charge in [-0.25, -0.2) is 0 Å². The Morgan fingerprint density at radius 3 is 2.88 bits per heavy atom. The summed E-state index contributed by atoms with van der Waals surface area (Å²) in [6, 6.07) is 4.05. The monoisotopic (exact) mass is 236 g/mol. The van der Waals surface area contributed by atoms with Crippen LogP contribution in [0.5, 0.6) is 0 Å².